The zero-order valence-corrected chi connectivity index (χ0v) is 11.7. The maximum atomic E-state index is 12.1. The Bertz CT molecular complexity index is 315. The average molecular weight is 267 g/mol. The Balaban J connectivity index is 1.78. The lowest BCUT2D eigenvalue weighted by molar-refractivity contribution is -0.127. The van der Waals surface area contributed by atoms with Crippen LogP contribution in [0.5, 0.6) is 0 Å². The van der Waals surface area contributed by atoms with E-state index < -0.39 is 0 Å². The number of carbonyl (C=O) groups is 2. The van der Waals surface area contributed by atoms with E-state index in [0.717, 1.165) is 0 Å². The molecule has 5 nitrogen and oxygen atoms in total. The highest BCUT2D eigenvalue weighted by Crippen LogP contribution is 2.25. The molecular weight excluding hydrogens is 242 g/mol. The Morgan fingerprint density at radius 3 is 2.53 bits per heavy atom. The summed E-state index contributed by atoms with van der Waals surface area (Å²) >= 11 is 0. The molecule has 2 amide bonds. The Morgan fingerprint density at radius 1 is 1.26 bits per heavy atom. The van der Waals surface area contributed by atoms with Crippen LogP contribution in [0.15, 0.2) is 0 Å². The fourth-order valence-electron chi connectivity index (χ4n) is 3.01. The van der Waals surface area contributed by atoms with Crippen molar-refractivity contribution in [2.75, 3.05) is 13.1 Å². The average Bonchev–Trinajstić information content (AvgIpc) is 2.68. The van der Waals surface area contributed by atoms with Gasteiger partial charge in [0.05, 0.1) is 6.54 Å². The minimum absolute atomic E-state index is 0.0109. The fourth-order valence-corrected chi connectivity index (χ4v) is 3.01. The number of piperazine rings is 1. The van der Waals surface area contributed by atoms with Gasteiger partial charge in [-0.05, 0) is 25.7 Å². The molecule has 1 unspecified atom stereocenters. The van der Waals surface area contributed by atoms with Gasteiger partial charge in [0.25, 0.3) is 0 Å². The molecule has 0 radical (unpaired) electrons. The summed E-state index contributed by atoms with van der Waals surface area (Å²) in [5, 5.41) is 8.79. The number of amides is 2. The third-order valence-corrected chi connectivity index (χ3v) is 4.31. The molecule has 5 heteroatoms. The summed E-state index contributed by atoms with van der Waals surface area (Å²) in [5.41, 5.74) is 0. The third kappa shape index (κ3) is 4.20. The van der Waals surface area contributed by atoms with Crippen LogP contribution in [0.2, 0.25) is 0 Å². The molecule has 2 fully saturated rings. The maximum absolute atomic E-state index is 12.1. The van der Waals surface area contributed by atoms with Crippen LogP contribution in [0, 0.1) is 5.92 Å². The zero-order valence-electron chi connectivity index (χ0n) is 11.7. The monoisotopic (exact) mass is 267 g/mol. The molecule has 108 valence electrons. The van der Waals surface area contributed by atoms with Crippen LogP contribution in [0.1, 0.15) is 45.4 Å². The van der Waals surface area contributed by atoms with Crippen LogP contribution < -0.4 is 16.0 Å². The zero-order chi connectivity index (χ0) is 13.7. The van der Waals surface area contributed by atoms with E-state index in [1.54, 1.807) is 0 Å². The second-order valence-corrected chi connectivity index (χ2v) is 5.79. The van der Waals surface area contributed by atoms with E-state index in [-0.39, 0.29) is 30.4 Å². The summed E-state index contributed by atoms with van der Waals surface area (Å²) in [6.07, 6.45) is 7.65. The van der Waals surface area contributed by atoms with Crippen molar-refractivity contribution in [1.82, 2.24) is 16.0 Å². The first kappa shape index (κ1) is 14.3. The van der Waals surface area contributed by atoms with Gasteiger partial charge in [0.1, 0.15) is 6.04 Å². The Morgan fingerprint density at radius 2 is 1.95 bits per heavy atom. The third-order valence-electron chi connectivity index (χ3n) is 4.31. The summed E-state index contributed by atoms with van der Waals surface area (Å²) in [6.45, 7) is 2.73. The van der Waals surface area contributed by atoms with E-state index in [2.05, 4.69) is 22.9 Å². The van der Waals surface area contributed by atoms with Crippen LogP contribution in [0.25, 0.3) is 0 Å². The van der Waals surface area contributed by atoms with Crippen molar-refractivity contribution in [1.29, 1.82) is 0 Å². The van der Waals surface area contributed by atoms with Gasteiger partial charge < -0.3 is 10.6 Å². The van der Waals surface area contributed by atoms with E-state index >= 15 is 0 Å². The summed E-state index contributed by atoms with van der Waals surface area (Å²) in [4.78, 5) is 23.2. The molecule has 0 aromatic carbocycles. The molecular formula is C14H25N3O2. The quantitative estimate of drug-likeness (QED) is 0.654. The number of hydrogen-bond donors (Lipinski definition) is 3. The molecule has 2 atom stereocenters. The van der Waals surface area contributed by atoms with Crippen molar-refractivity contribution in [3.63, 3.8) is 0 Å². The summed E-state index contributed by atoms with van der Waals surface area (Å²) in [6, 6.07) is -0.0593. The van der Waals surface area contributed by atoms with Crippen LogP contribution in [0.3, 0.4) is 0 Å². The normalized spacial score (nSPS) is 27.2. The molecule has 1 saturated heterocycles. The van der Waals surface area contributed by atoms with E-state index in [4.69, 9.17) is 0 Å². The van der Waals surface area contributed by atoms with Crippen LogP contribution >= 0.6 is 0 Å². The van der Waals surface area contributed by atoms with Crippen molar-refractivity contribution in [2.24, 2.45) is 5.92 Å². The lowest BCUT2D eigenvalue weighted by atomic mass is 9.93. The number of carbonyl (C=O) groups excluding carboxylic acids is 2. The molecule has 0 aromatic rings. The number of nitrogens with one attached hydrogen (secondary N) is 3. The predicted octanol–water partition coefficient (Wildman–Crippen LogP) is 0.549. The first-order valence-electron chi connectivity index (χ1n) is 7.47. The van der Waals surface area contributed by atoms with E-state index in [1.807, 2.05) is 0 Å². The fraction of sp³-hybridized carbons (Fsp3) is 0.857. The molecule has 1 aliphatic carbocycles. The van der Waals surface area contributed by atoms with E-state index in [9.17, 15) is 9.59 Å². The van der Waals surface area contributed by atoms with Crippen LogP contribution in [0.4, 0.5) is 0 Å². The van der Waals surface area contributed by atoms with Crippen LogP contribution in [-0.4, -0.2) is 37.0 Å². The van der Waals surface area contributed by atoms with Crippen molar-refractivity contribution in [3.8, 4) is 0 Å². The maximum Gasteiger partial charge on any atom is 0.239 e. The Kier molecular flexibility index (Phi) is 5.19. The topological polar surface area (TPSA) is 70.2 Å². The van der Waals surface area contributed by atoms with Gasteiger partial charge in [-0.1, -0.05) is 25.7 Å². The second-order valence-electron chi connectivity index (χ2n) is 5.79. The van der Waals surface area contributed by atoms with Gasteiger partial charge in [-0.15, -0.1) is 0 Å². The van der Waals surface area contributed by atoms with Gasteiger partial charge in [0.2, 0.25) is 11.8 Å². The molecule has 3 N–H and O–H groups in total. The first-order valence-corrected chi connectivity index (χ1v) is 7.47. The molecule has 1 heterocycles. The second kappa shape index (κ2) is 6.89. The summed E-state index contributed by atoms with van der Waals surface area (Å²) in [7, 11) is 0. The molecule has 19 heavy (non-hydrogen) atoms. The van der Waals surface area contributed by atoms with E-state index in [1.165, 1.54) is 38.5 Å². The number of hydrogen-bond acceptors (Lipinski definition) is 3. The highest BCUT2D eigenvalue weighted by molar-refractivity contribution is 5.86. The van der Waals surface area contributed by atoms with E-state index in [0.29, 0.717) is 12.5 Å². The SMILES string of the molecule is C[C@@H](NC(=O)C1CNC(=O)CN1)C1CCCCCC1. The molecule has 0 aromatic heterocycles. The van der Waals surface area contributed by atoms with Gasteiger partial charge >= 0.3 is 0 Å². The van der Waals surface area contributed by atoms with Crippen molar-refractivity contribution in [2.45, 2.75) is 57.5 Å². The lowest BCUT2D eigenvalue weighted by Crippen LogP contribution is -2.59. The van der Waals surface area contributed by atoms with Gasteiger partial charge in [-0.2, -0.15) is 0 Å². The largest absolute Gasteiger partial charge is 0.353 e. The minimum atomic E-state index is -0.286. The standard InChI is InChI=1S/C14H25N3O2/c1-10(11-6-4-2-3-5-7-11)17-14(19)12-8-16-13(18)9-15-12/h10-12,15H,2-9H2,1H3,(H,16,18)(H,17,19)/t10-,12?/m1/s1. The lowest BCUT2D eigenvalue weighted by Gasteiger charge is -2.28. The molecule has 0 spiro atoms. The van der Waals surface area contributed by atoms with Gasteiger partial charge in [-0.3, -0.25) is 14.9 Å². The minimum Gasteiger partial charge on any atom is -0.353 e. The van der Waals surface area contributed by atoms with Crippen molar-refractivity contribution in [3.05, 3.63) is 0 Å². The first-order chi connectivity index (χ1) is 9.16. The predicted molar refractivity (Wildman–Crippen MR) is 73.6 cm³/mol. The van der Waals surface area contributed by atoms with Gasteiger partial charge in [0.15, 0.2) is 0 Å². The highest BCUT2D eigenvalue weighted by Gasteiger charge is 2.27. The number of rotatable bonds is 3. The molecule has 1 saturated carbocycles. The van der Waals surface area contributed by atoms with Gasteiger partial charge in [-0.25, -0.2) is 0 Å². The van der Waals surface area contributed by atoms with Crippen molar-refractivity contribution >= 4 is 11.8 Å². The molecule has 2 aliphatic rings. The van der Waals surface area contributed by atoms with Crippen LogP contribution in [-0.2, 0) is 9.59 Å². The Labute approximate surface area is 114 Å². The van der Waals surface area contributed by atoms with Crippen molar-refractivity contribution < 1.29 is 9.59 Å². The highest BCUT2D eigenvalue weighted by atomic mass is 16.2. The molecule has 0 bridgehead atoms. The summed E-state index contributed by atoms with van der Waals surface area (Å²) in [5.74, 6) is 0.572. The smallest absolute Gasteiger partial charge is 0.239 e. The van der Waals surface area contributed by atoms with Gasteiger partial charge in [0, 0.05) is 12.6 Å². The molecule has 1 aliphatic heterocycles. The molecule has 2 rings (SSSR count). The Hall–Kier alpha value is -1.10. The summed E-state index contributed by atoms with van der Waals surface area (Å²) < 4.78 is 0.